The molecule has 6 nitrogen and oxygen atoms in total. The average molecular weight is 322 g/mol. The van der Waals surface area contributed by atoms with Crippen LogP contribution in [0, 0.1) is 25.2 Å². The van der Waals surface area contributed by atoms with Crippen molar-refractivity contribution in [3.63, 3.8) is 0 Å². The molecule has 2 heterocycles. The summed E-state index contributed by atoms with van der Waals surface area (Å²) in [4.78, 5) is 4.30. The second-order valence-electron chi connectivity index (χ2n) is 5.60. The molecular formula is C15H22N4O2S. The summed E-state index contributed by atoms with van der Waals surface area (Å²) in [5.41, 5.74) is 2.94. The third-order valence-corrected chi connectivity index (χ3v) is 5.89. The summed E-state index contributed by atoms with van der Waals surface area (Å²) in [6.45, 7) is 6.45. The number of aromatic nitrogens is 1. The number of hydrogen-bond acceptors (Lipinski definition) is 5. The molecule has 0 bridgehead atoms. The van der Waals surface area contributed by atoms with E-state index in [-0.39, 0.29) is 11.8 Å². The van der Waals surface area contributed by atoms with Crippen LogP contribution in [0.25, 0.3) is 0 Å². The third kappa shape index (κ3) is 3.57. The van der Waals surface area contributed by atoms with Gasteiger partial charge in [0.25, 0.3) is 0 Å². The Labute approximate surface area is 132 Å². The molecular weight excluding hydrogens is 300 g/mol. The van der Waals surface area contributed by atoms with E-state index in [0.29, 0.717) is 18.7 Å². The number of hydrogen-bond donors (Lipinski definition) is 1. The van der Waals surface area contributed by atoms with Gasteiger partial charge in [0.1, 0.15) is 6.07 Å². The highest BCUT2D eigenvalue weighted by atomic mass is 32.2. The first kappa shape index (κ1) is 16.7. The molecule has 0 radical (unpaired) electrons. The van der Waals surface area contributed by atoms with Crippen molar-refractivity contribution in [3.05, 3.63) is 23.0 Å². The summed E-state index contributed by atoms with van der Waals surface area (Å²) in [6, 6.07) is 4.24. The minimum absolute atomic E-state index is 0.145. The van der Waals surface area contributed by atoms with E-state index in [1.54, 1.807) is 11.2 Å². The van der Waals surface area contributed by atoms with Crippen LogP contribution in [0.4, 0.5) is 5.69 Å². The summed E-state index contributed by atoms with van der Waals surface area (Å²) in [5.74, 6) is 0.145. The summed E-state index contributed by atoms with van der Waals surface area (Å²) in [5, 5.41) is 12.7. The van der Waals surface area contributed by atoms with Crippen LogP contribution in [-0.4, -0.2) is 42.6 Å². The van der Waals surface area contributed by atoms with Crippen LogP contribution in [0.1, 0.15) is 36.7 Å². The van der Waals surface area contributed by atoms with E-state index >= 15 is 0 Å². The first-order chi connectivity index (χ1) is 10.4. The predicted molar refractivity (Wildman–Crippen MR) is 86.1 cm³/mol. The monoisotopic (exact) mass is 322 g/mol. The maximum Gasteiger partial charge on any atom is 0.213 e. The van der Waals surface area contributed by atoms with Crippen molar-refractivity contribution in [1.82, 2.24) is 9.29 Å². The standard InChI is InChI=1S/C15H22N4O2S/c1-4-22(20,21)19-7-5-13(6-8-19)18-15-9-11(2)17-12(3)14(15)10-16/h9,13H,4-8H2,1-3H3,(H,17,18). The zero-order valence-corrected chi connectivity index (χ0v) is 14.1. The number of piperidine rings is 1. The number of nitrogens with one attached hydrogen (secondary N) is 1. The molecule has 22 heavy (non-hydrogen) atoms. The van der Waals surface area contributed by atoms with Gasteiger partial charge in [-0.1, -0.05) is 0 Å². The predicted octanol–water partition coefficient (Wildman–Crippen LogP) is 1.80. The highest BCUT2D eigenvalue weighted by Crippen LogP contribution is 2.23. The van der Waals surface area contributed by atoms with Crippen molar-refractivity contribution in [1.29, 1.82) is 5.26 Å². The highest BCUT2D eigenvalue weighted by molar-refractivity contribution is 7.89. The Hall–Kier alpha value is -1.65. The van der Waals surface area contributed by atoms with Gasteiger partial charge in [-0.25, -0.2) is 12.7 Å². The van der Waals surface area contributed by atoms with Crippen molar-refractivity contribution in [2.24, 2.45) is 0 Å². The fourth-order valence-corrected chi connectivity index (χ4v) is 3.90. The molecule has 1 aromatic heterocycles. The van der Waals surface area contributed by atoms with E-state index in [9.17, 15) is 13.7 Å². The van der Waals surface area contributed by atoms with Gasteiger partial charge in [0, 0.05) is 24.8 Å². The average Bonchev–Trinajstić information content (AvgIpc) is 2.47. The molecule has 1 saturated heterocycles. The minimum atomic E-state index is -3.10. The Balaban J connectivity index is 2.08. The Bertz CT molecular complexity index is 686. The number of nitrogens with zero attached hydrogens (tertiary/aromatic N) is 3. The van der Waals surface area contributed by atoms with Crippen LogP contribution in [0.15, 0.2) is 6.07 Å². The van der Waals surface area contributed by atoms with Gasteiger partial charge in [0.15, 0.2) is 0 Å². The molecule has 0 spiro atoms. The molecule has 0 aliphatic carbocycles. The molecule has 1 aromatic rings. The lowest BCUT2D eigenvalue weighted by Crippen LogP contribution is -2.43. The van der Waals surface area contributed by atoms with E-state index in [1.165, 1.54) is 0 Å². The molecule has 0 aromatic carbocycles. The van der Waals surface area contributed by atoms with Crippen molar-refractivity contribution in [2.45, 2.75) is 39.7 Å². The number of pyridine rings is 1. The Kier molecular flexibility index (Phi) is 5.04. The molecule has 1 fully saturated rings. The molecule has 120 valence electrons. The van der Waals surface area contributed by atoms with Crippen LogP contribution < -0.4 is 5.32 Å². The Morgan fingerprint density at radius 2 is 2.05 bits per heavy atom. The van der Waals surface area contributed by atoms with E-state index in [4.69, 9.17) is 0 Å². The number of rotatable bonds is 4. The van der Waals surface area contributed by atoms with Crippen LogP contribution in [0.2, 0.25) is 0 Å². The maximum atomic E-state index is 11.9. The van der Waals surface area contributed by atoms with E-state index < -0.39 is 10.0 Å². The van der Waals surface area contributed by atoms with Crippen LogP contribution in [0.3, 0.4) is 0 Å². The molecule has 1 aliphatic heterocycles. The molecule has 7 heteroatoms. The lowest BCUT2D eigenvalue weighted by molar-refractivity contribution is 0.330. The summed E-state index contributed by atoms with van der Waals surface area (Å²) in [6.07, 6.45) is 1.48. The Morgan fingerprint density at radius 3 is 2.59 bits per heavy atom. The van der Waals surface area contributed by atoms with Crippen molar-refractivity contribution in [3.8, 4) is 6.07 Å². The van der Waals surface area contributed by atoms with Crippen LogP contribution >= 0.6 is 0 Å². The second-order valence-corrected chi connectivity index (χ2v) is 7.86. The summed E-state index contributed by atoms with van der Waals surface area (Å²) in [7, 11) is -3.10. The van der Waals surface area contributed by atoms with Crippen molar-refractivity contribution in [2.75, 3.05) is 24.2 Å². The van der Waals surface area contributed by atoms with Gasteiger partial charge in [-0.3, -0.25) is 4.98 Å². The molecule has 1 N–H and O–H groups in total. The topological polar surface area (TPSA) is 86.1 Å². The van der Waals surface area contributed by atoms with Gasteiger partial charge in [-0.15, -0.1) is 0 Å². The summed E-state index contributed by atoms with van der Waals surface area (Å²) < 4.78 is 25.3. The summed E-state index contributed by atoms with van der Waals surface area (Å²) >= 11 is 0. The molecule has 0 unspecified atom stereocenters. The van der Waals surface area contributed by atoms with Gasteiger partial charge in [0.2, 0.25) is 10.0 Å². The smallest absolute Gasteiger partial charge is 0.213 e. The largest absolute Gasteiger partial charge is 0.381 e. The molecule has 0 saturated carbocycles. The quantitative estimate of drug-likeness (QED) is 0.913. The lowest BCUT2D eigenvalue weighted by Gasteiger charge is -2.32. The zero-order valence-electron chi connectivity index (χ0n) is 13.3. The van der Waals surface area contributed by atoms with E-state index in [2.05, 4.69) is 16.4 Å². The fraction of sp³-hybridized carbons (Fsp3) is 0.600. The first-order valence-electron chi connectivity index (χ1n) is 7.50. The lowest BCUT2D eigenvalue weighted by atomic mass is 10.0. The second kappa shape index (κ2) is 6.63. The zero-order chi connectivity index (χ0) is 16.3. The molecule has 2 rings (SSSR count). The van der Waals surface area contributed by atoms with Crippen LogP contribution in [-0.2, 0) is 10.0 Å². The van der Waals surface area contributed by atoms with Gasteiger partial charge in [-0.2, -0.15) is 5.26 Å². The van der Waals surface area contributed by atoms with Gasteiger partial charge >= 0.3 is 0 Å². The SMILES string of the molecule is CCS(=O)(=O)N1CCC(Nc2cc(C)nc(C)c2C#N)CC1. The molecule has 1 aliphatic rings. The third-order valence-electron chi connectivity index (χ3n) is 4.01. The fourth-order valence-electron chi connectivity index (χ4n) is 2.76. The maximum absolute atomic E-state index is 11.9. The van der Waals surface area contributed by atoms with Crippen molar-refractivity contribution >= 4 is 15.7 Å². The van der Waals surface area contributed by atoms with Crippen molar-refractivity contribution < 1.29 is 8.42 Å². The van der Waals surface area contributed by atoms with Gasteiger partial charge in [-0.05, 0) is 39.7 Å². The number of anilines is 1. The molecule has 0 atom stereocenters. The number of aryl methyl sites for hydroxylation is 2. The number of sulfonamides is 1. The normalized spacial score (nSPS) is 17.2. The van der Waals surface area contributed by atoms with E-state index in [0.717, 1.165) is 29.9 Å². The molecule has 0 amide bonds. The first-order valence-corrected chi connectivity index (χ1v) is 9.11. The van der Waals surface area contributed by atoms with Gasteiger partial charge < -0.3 is 5.32 Å². The number of nitriles is 1. The van der Waals surface area contributed by atoms with Crippen LogP contribution in [0.5, 0.6) is 0 Å². The van der Waals surface area contributed by atoms with E-state index in [1.807, 2.05) is 19.9 Å². The highest BCUT2D eigenvalue weighted by Gasteiger charge is 2.27. The Morgan fingerprint density at radius 1 is 1.41 bits per heavy atom. The minimum Gasteiger partial charge on any atom is -0.381 e. The van der Waals surface area contributed by atoms with Gasteiger partial charge in [0.05, 0.1) is 22.7 Å².